The number of hydrogen-bond donors (Lipinski definition) is 4. The fourth-order valence-corrected chi connectivity index (χ4v) is 3.00. The van der Waals surface area contributed by atoms with Gasteiger partial charge in [-0.2, -0.15) is 0 Å². The third-order valence-electron chi connectivity index (χ3n) is 5.10. The maximum Gasteiger partial charge on any atom is 0.333 e. The Balaban J connectivity index is 1.67. The second kappa shape index (κ2) is 9.81. The van der Waals surface area contributed by atoms with E-state index in [0.717, 1.165) is 0 Å². The normalized spacial score (nSPS) is 11.3. The monoisotopic (exact) mass is 470 g/mol. The van der Waals surface area contributed by atoms with Crippen LogP contribution in [0.3, 0.4) is 0 Å². The molecule has 0 aromatic carbocycles. The van der Waals surface area contributed by atoms with E-state index in [2.05, 4.69) is 15.1 Å². The quantitative estimate of drug-likeness (QED) is 0.179. The molecule has 0 saturated heterocycles. The zero-order chi connectivity index (χ0) is 25.0. The summed E-state index contributed by atoms with van der Waals surface area (Å²) in [5.41, 5.74) is 12.0. The molecule has 0 aliphatic carbocycles. The van der Waals surface area contributed by atoms with Gasteiger partial charge in [0, 0.05) is 64.6 Å². The first-order valence-corrected chi connectivity index (χ1v) is 10.1. The lowest BCUT2D eigenvalue weighted by atomic mass is 10.3. The number of aromatic amines is 1. The Bertz CT molecular complexity index is 1220. The van der Waals surface area contributed by atoms with Crippen molar-refractivity contribution in [3.63, 3.8) is 0 Å². The lowest BCUT2D eigenvalue weighted by Gasteiger charge is -2.17. The van der Waals surface area contributed by atoms with Crippen LogP contribution >= 0.6 is 0 Å². The molecule has 0 bridgehead atoms. The van der Waals surface area contributed by atoms with Crippen LogP contribution in [-0.4, -0.2) is 80.7 Å². The van der Waals surface area contributed by atoms with E-state index >= 15 is 0 Å². The van der Waals surface area contributed by atoms with Crippen LogP contribution in [0.5, 0.6) is 0 Å². The molecule has 0 saturated carbocycles. The minimum Gasteiger partial charge on any atom is -0.409 e. The summed E-state index contributed by atoms with van der Waals surface area (Å²) in [6.07, 6.45) is 7.62. The average molecular weight is 470 g/mol. The largest absolute Gasteiger partial charge is 0.409 e. The number of imidazole rings is 1. The van der Waals surface area contributed by atoms with Gasteiger partial charge in [-0.05, 0) is 12.1 Å². The van der Waals surface area contributed by atoms with Crippen molar-refractivity contribution >= 4 is 41.0 Å². The number of carbonyl (C=O) groups excluding carboxylic acids is 3. The third-order valence-corrected chi connectivity index (χ3v) is 5.10. The minimum atomic E-state index is -0.444. The number of nitrogens with one attached hydrogen (secondary N) is 1. The Kier molecular flexibility index (Phi) is 6.89. The molecular weight excluding hydrogens is 444 g/mol. The highest BCUT2D eigenvalue weighted by Crippen LogP contribution is 2.18. The SMILES string of the molecule is CN(CCC(N)=NO)C(=O)c1ncc(N(C)C(=O)n2ccc(N(C)C(=O)n3ccc(N)c3)c2)[nH]1. The Morgan fingerprint density at radius 3 is 2.38 bits per heavy atom. The van der Waals surface area contributed by atoms with Crippen LogP contribution in [0.25, 0.3) is 0 Å². The van der Waals surface area contributed by atoms with Gasteiger partial charge >= 0.3 is 12.1 Å². The molecule has 3 amide bonds. The number of oxime groups is 1. The number of H-pyrrole nitrogens is 1. The molecule has 3 rings (SSSR count). The van der Waals surface area contributed by atoms with Crippen LogP contribution in [0.1, 0.15) is 17.0 Å². The van der Waals surface area contributed by atoms with Gasteiger partial charge in [0.05, 0.1) is 11.9 Å². The van der Waals surface area contributed by atoms with Crippen LogP contribution in [0, 0.1) is 0 Å². The summed E-state index contributed by atoms with van der Waals surface area (Å²) >= 11 is 0. The number of nitrogen functional groups attached to an aromatic ring is 1. The molecule has 3 aromatic heterocycles. The summed E-state index contributed by atoms with van der Waals surface area (Å²) in [5.74, 6) is -0.102. The van der Waals surface area contributed by atoms with Gasteiger partial charge in [0.1, 0.15) is 11.7 Å². The van der Waals surface area contributed by atoms with E-state index in [-0.39, 0.29) is 30.7 Å². The van der Waals surface area contributed by atoms with Gasteiger partial charge < -0.3 is 26.6 Å². The van der Waals surface area contributed by atoms with Gasteiger partial charge in [-0.25, -0.2) is 14.6 Å². The number of nitrogens with zero attached hydrogens (tertiary/aromatic N) is 7. The number of amidine groups is 1. The van der Waals surface area contributed by atoms with Gasteiger partial charge in [0.15, 0.2) is 5.82 Å². The van der Waals surface area contributed by atoms with Crippen molar-refractivity contribution in [3.05, 3.63) is 48.9 Å². The van der Waals surface area contributed by atoms with Crippen molar-refractivity contribution in [2.75, 3.05) is 43.2 Å². The van der Waals surface area contributed by atoms with Crippen molar-refractivity contribution in [2.45, 2.75) is 6.42 Å². The van der Waals surface area contributed by atoms with E-state index in [9.17, 15) is 14.4 Å². The van der Waals surface area contributed by atoms with E-state index < -0.39 is 11.9 Å². The highest BCUT2D eigenvalue weighted by atomic mass is 16.4. The van der Waals surface area contributed by atoms with Crippen LogP contribution in [-0.2, 0) is 0 Å². The number of rotatable bonds is 6. The summed E-state index contributed by atoms with van der Waals surface area (Å²) in [7, 11) is 4.64. The van der Waals surface area contributed by atoms with Gasteiger partial charge in [0.2, 0.25) is 0 Å². The standard InChI is InChI=1S/C20H26N10O4/c1-26(7-6-15(22)25-34)18(31)17-23-10-16(24-17)28(3)20(33)30-9-5-14(12-30)27(2)19(32)29-8-4-13(21)11-29/h4-5,8-12,34H,6-7,21H2,1-3H3,(H2,22,25)(H,23,24). The average Bonchev–Trinajstić information content (AvgIpc) is 3.60. The molecule has 6 N–H and O–H groups in total. The van der Waals surface area contributed by atoms with Crippen LogP contribution in [0.15, 0.2) is 48.3 Å². The molecule has 0 spiro atoms. The highest BCUT2D eigenvalue weighted by Gasteiger charge is 2.21. The summed E-state index contributed by atoms with van der Waals surface area (Å²) in [4.78, 5) is 48.9. The molecule has 0 atom stereocenters. The number of hydrogen-bond acceptors (Lipinski definition) is 7. The van der Waals surface area contributed by atoms with E-state index in [4.69, 9.17) is 16.7 Å². The number of carbonyl (C=O) groups is 3. The lowest BCUT2D eigenvalue weighted by Crippen LogP contribution is -2.32. The maximum absolute atomic E-state index is 12.9. The van der Waals surface area contributed by atoms with Crippen molar-refractivity contribution < 1.29 is 19.6 Å². The lowest BCUT2D eigenvalue weighted by molar-refractivity contribution is 0.0787. The number of nitrogens with two attached hydrogens (primary N) is 2. The Morgan fingerprint density at radius 2 is 1.74 bits per heavy atom. The molecule has 0 fully saturated rings. The summed E-state index contributed by atoms with van der Waals surface area (Å²) < 4.78 is 2.64. The van der Waals surface area contributed by atoms with Gasteiger partial charge in [-0.15, -0.1) is 0 Å². The fraction of sp³-hybridized carbons (Fsp3) is 0.250. The summed E-state index contributed by atoms with van der Waals surface area (Å²) in [6, 6.07) is 2.44. The molecule has 14 heteroatoms. The van der Waals surface area contributed by atoms with E-state index in [1.165, 1.54) is 55.7 Å². The topological polar surface area (TPSA) is 184 Å². The number of aromatic nitrogens is 4. The molecule has 14 nitrogen and oxygen atoms in total. The van der Waals surface area contributed by atoms with E-state index in [1.54, 1.807) is 32.4 Å². The molecule has 0 radical (unpaired) electrons. The van der Waals surface area contributed by atoms with Gasteiger partial charge in [-0.3, -0.25) is 23.7 Å². The second-order valence-electron chi connectivity index (χ2n) is 7.50. The smallest absolute Gasteiger partial charge is 0.333 e. The Labute approximate surface area is 194 Å². The highest BCUT2D eigenvalue weighted by molar-refractivity contribution is 5.97. The Hall–Kier alpha value is -4.75. The second-order valence-corrected chi connectivity index (χ2v) is 7.50. The first-order valence-electron chi connectivity index (χ1n) is 10.1. The molecular formula is C20H26N10O4. The number of amides is 3. The third kappa shape index (κ3) is 5.01. The fourth-order valence-electron chi connectivity index (χ4n) is 3.00. The van der Waals surface area contributed by atoms with E-state index in [0.29, 0.717) is 17.2 Å². The van der Waals surface area contributed by atoms with Gasteiger partial charge in [-0.1, -0.05) is 5.16 Å². The molecule has 3 heterocycles. The van der Waals surface area contributed by atoms with Crippen molar-refractivity contribution in [1.29, 1.82) is 0 Å². The predicted octanol–water partition coefficient (Wildman–Crippen LogP) is 1.01. The van der Waals surface area contributed by atoms with E-state index in [1.807, 2.05) is 0 Å². The molecule has 0 aliphatic rings. The maximum atomic E-state index is 12.9. The molecule has 34 heavy (non-hydrogen) atoms. The van der Waals surface area contributed by atoms with Crippen molar-refractivity contribution in [1.82, 2.24) is 24.0 Å². The predicted molar refractivity (Wildman–Crippen MR) is 125 cm³/mol. The first-order chi connectivity index (χ1) is 16.1. The van der Waals surface area contributed by atoms with Crippen LogP contribution < -0.4 is 21.3 Å². The van der Waals surface area contributed by atoms with Crippen molar-refractivity contribution in [3.8, 4) is 0 Å². The first kappa shape index (κ1) is 23.9. The Morgan fingerprint density at radius 1 is 1.09 bits per heavy atom. The summed E-state index contributed by atoms with van der Waals surface area (Å²) in [5, 5.41) is 11.5. The molecule has 3 aromatic rings. The van der Waals surface area contributed by atoms with Gasteiger partial charge in [0.25, 0.3) is 5.91 Å². The minimum absolute atomic E-state index is 0.000964. The molecule has 0 aliphatic heterocycles. The zero-order valence-corrected chi connectivity index (χ0v) is 18.9. The number of anilines is 3. The van der Waals surface area contributed by atoms with Crippen LogP contribution in [0.4, 0.5) is 26.8 Å². The molecule has 0 unspecified atom stereocenters. The van der Waals surface area contributed by atoms with Crippen molar-refractivity contribution in [2.24, 2.45) is 10.9 Å². The zero-order valence-electron chi connectivity index (χ0n) is 18.9. The summed E-state index contributed by atoms with van der Waals surface area (Å²) in [6.45, 7) is 0.216. The van der Waals surface area contributed by atoms with Crippen LogP contribution in [0.2, 0.25) is 0 Å². The molecule has 180 valence electrons.